The third-order valence-electron chi connectivity index (χ3n) is 5.05. The Kier molecular flexibility index (Phi) is 5.91. The summed E-state index contributed by atoms with van der Waals surface area (Å²) in [6.45, 7) is 0.441. The van der Waals surface area contributed by atoms with Crippen LogP contribution in [0.1, 0.15) is 17.9 Å². The van der Waals surface area contributed by atoms with Crippen molar-refractivity contribution < 1.29 is 9.53 Å². The molecule has 1 saturated heterocycles. The quantitative estimate of drug-likeness (QED) is 0.524. The zero-order chi connectivity index (χ0) is 20.5. The molecule has 4 rings (SSSR count). The molecule has 2 aromatic carbocycles. The number of carbonyl (C=O) groups excluding carboxylic acids is 1. The van der Waals surface area contributed by atoms with Crippen molar-refractivity contribution in [3.63, 3.8) is 0 Å². The van der Waals surface area contributed by atoms with Crippen molar-refractivity contribution in [1.82, 2.24) is 4.90 Å². The van der Waals surface area contributed by atoms with E-state index in [1.807, 2.05) is 42.5 Å². The number of hydrogen-bond acceptors (Lipinski definition) is 5. The van der Waals surface area contributed by atoms with E-state index >= 15 is 0 Å². The Morgan fingerprint density at radius 1 is 1.17 bits per heavy atom. The molecule has 1 fully saturated rings. The number of nitriles is 1. The molecule has 0 aliphatic carbocycles. The fourth-order valence-electron chi connectivity index (χ4n) is 3.62. The van der Waals surface area contributed by atoms with Crippen molar-refractivity contribution in [3.05, 3.63) is 67.6 Å². The Hall–Kier alpha value is -1.95. The first-order valence-corrected chi connectivity index (χ1v) is 11.5. The summed E-state index contributed by atoms with van der Waals surface area (Å²) < 4.78 is 7.41. The number of ether oxygens (including phenoxy) is 1. The number of methoxy groups -OCH3 is 1. The van der Waals surface area contributed by atoms with Gasteiger partial charge >= 0.3 is 0 Å². The highest BCUT2D eigenvalue weighted by Crippen LogP contribution is 2.45. The molecule has 0 spiro atoms. The van der Waals surface area contributed by atoms with E-state index in [1.54, 1.807) is 12.0 Å². The zero-order valence-corrected chi connectivity index (χ0v) is 19.6. The fraction of sp³-hybridized carbons (Fsp3) is 0.238. The number of carbonyl (C=O) groups is 1. The van der Waals surface area contributed by atoms with Gasteiger partial charge in [0.2, 0.25) is 5.91 Å². The van der Waals surface area contributed by atoms with Gasteiger partial charge < -0.3 is 9.64 Å². The predicted octanol–water partition coefficient (Wildman–Crippen LogP) is 5.44. The molecule has 2 aliphatic rings. The van der Waals surface area contributed by atoms with Gasteiger partial charge in [-0.15, -0.1) is 0 Å². The van der Waals surface area contributed by atoms with Crippen molar-refractivity contribution >= 4 is 55.2 Å². The van der Waals surface area contributed by atoms with Crippen LogP contribution >= 0.6 is 43.6 Å². The van der Waals surface area contributed by atoms with Gasteiger partial charge in [-0.05, 0) is 42.5 Å². The Balaban J connectivity index is 1.70. The lowest BCUT2D eigenvalue weighted by Crippen LogP contribution is -2.47. The van der Waals surface area contributed by atoms with Crippen molar-refractivity contribution in [1.29, 1.82) is 5.26 Å². The average molecular weight is 535 g/mol. The first kappa shape index (κ1) is 20.3. The maximum Gasteiger partial charge on any atom is 0.229 e. The molecular weight excluding hydrogens is 518 g/mol. The van der Waals surface area contributed by atoms with Gasteiger partial charge in [0.1, 0.15) is 5.75 Å². The topological polar surface area (TPSA) is 56.6 Å². The summed E-state index contributed by atoms with van der Waals surface area (Å²) in [6, 6.07) is 16.1. The molecular formula is C21H17Br2N3O2S. The monoisotopic (exact) mass is 533 g/mol. The summed E-state index contributed by atoms with van der Waals surface area (Å²) in [6.07, 6.45) is 0.244. The molecule has 5 nitrogen and oxygen atoms in total. The normalized spacial score (nSPS) is 19.1. The second-order valence-corrected chi connectivity index (χ2v) is 9.49. The Morgan fingerprint density at radius 2 is 1.90 bits per heavy atom. The van der Waals surface area contributed by atoms with Gasteiger partial charge in [0.05, 0.1) is 36.3 Å². The van der Waals surface area contributed by atoms with E-state index in [1.165, 1.54) is 11.8 Å². The van der Waals surface area contributed by atoms with E-state index in [2.05, 4.69) is 42.8 Å². The predicted molar refractivity (Wildman–Crippen MR) is 121 cm³/mol. The molecule has 0 unspecified atom stereocenters. The van der Waals surface area contributed by atoms with Gasteiger partial charge in [0.25, 0.3) is 0 Å². The summed E-state index contributed by atoms with van der Waals surface area (Å²) in [5.41, 5.74) is 2.53. The number of anilines is 1. The van der Waals surface area contributed by atoms with Gasteiger partial charge in [-0.25, -0.2) is 0 Å². The van der Waals surface area contributed by atoms with Crippen LogP contribution in [0.2, 0.25) is 0 Å². The minimum Gasteiger partial charge on any atom is -0.496 e. The lowest BCUT2D eigenvalue weighted by atomic mass is 9.86. The molecule has 29 heavy (non-hydrogen) atoms. The molecule has 2 heterocycles. The molecule has 0 N–H and O–H groups in total. The minimum atomic E-state index is -0.307. The average Bonchev–Trinajstić information content (AvgIpc) is 2.74. The van der Waals surface area contributed by atoms with E-state index in [9.17, 15) is 10.1 Å². The first-order valence-electron chi connectivity index (χ1n) is 8.93. The zero-order valence-electron chi connectivity index (χ0n) is 15.6. The summed E-state index contributed by atoms with van der Waals surface area (Å²) in [7, 11) is 1.61. The van der Waals surface area contributed by atoms with Crippen LogP contribution in [0, 0.1) is 11.3 Å². The summed E-state index contributed by atoms with van der Waals surface area (Å²) in [5.74, 6) is 1.07. The largest absolute Gasteiger partial charge is 0.496 e. The molecule has 2 aliphatic heterocycles. The van der Waals surface area contributed by atoms with Crippen LogP contribution in [0.15, 0.2) is 62.0 Å². The molecule has 0 bridgehead atoms. The van der Waals surface area contributed by atoms with Gasteiger partial charge in [-0.2, -0.15) is 5.26 Å². The number of benzene rings is 2. The first-order chi connectivity index (χ1) is 14.0. The molecule has 0 aromatic heterocycles. The van der Waals surface area contributed by atoms with Crippen molar-refractivity contribution in [3.8, 4) is 11.8 Å². The number of amides is 1. The number of fused-ring (bicyclic) bond motifs is 1. The van der Waals surface area contributed by atoms with E-state index in [-0.39, 0.29) is 18.2 Å². The van der Waals surface area contributed by atoms with Crippen LogP contribution in [0.3, 0.4) is 0 Å². The maximum absolute atomic E-state index is 13.1. The summed E-state index contributed by atoms with van der Waals surface area (Å²) in [4.78, 5) is 16.9. The SMILES string of the molecule is COc1ccc(Br)cc1[C@H]1CC(=O)N2CN(c3ccc(Br)cc3)CSC2=C1C#N. The number of nitrogens with zero attached hydrogens (tertiary/aromatic N) is 3. The van der Waals surface area contributed by atoms with Gasteiger partial charge in [0, 0.05) is 32.5 Å². The number of thioether (sulfide) groups is 1. The molecule has 0 saturated carbocycles. The van der Waals surface area contributed by atoms with Gasteiger partial charge in [0.15, 0.2) is 0 Å². The van der Waals surface area contributed by atoms with Crippen LogP contribution in [-0.4, -0.2) is 30.5 Å². The highest BCUT2D eigenvalue weighted by Gasteiger charge is 2.39. The molecule has 148 valence electrons. The van der Waals surface area contributed by atoms with Crippen LogP contribution in [-0.2, 0) is 4.79 Å². The highest BCUT2D eigenvalue weighted by molar-refractivity contribution is 9.10. The van der Waals surface area contributed by atoms with Crippen LogP contribution in [0.5, 0.6) is 5.75 Å². The van der Waals surface area contributed by atoms with Crippen LogP contribution in [0.4, 0.5) is 5.69 Å². The maximum atomic E-state index is 13.1. The summed E-state index contributed by atoms with van der Waals surface area (Å²) >= 11 is 8.47. The molecule has 1 atom stereocenters. The summed E-state index contributed by atoms with van der Waals surface area (Å²) in [5, 5.41) is 10.7. The Bertz CT molecular complexity index is 1030. The number of allylic oxidation sites excluding steroid dienone is 1. The van der Waals surface area contributed by atoms with E-state index in [4.69, 9.17) is 4.74 Å². The standard InChI is InChI=1S/C21H17Br2N3O2S/c1-28-19-7-4-14(23)8-17(19)16-9-20(27)26-11-25(12-29-21(26)18(16)10-24)15-5-2-13(22)3-6-15/h2-8,16H,9,11-12H2,1H3/t16-/m1/s1. The third-order valence-corrected chi connectivity index (χ3v) is 7.23. The Morgan fingerprint density at radius 3 is 2.59 bits per heavy atom. The smallest absolute Gasteiger partial charge is 0.229 e. The van der Waals surface area contributed by atoms with Crippen LogP contribution < -0.4 is 9.64 Å². The van der Waals surface area contributed by atoms with Crippen molar-refractivity contribution in [2.75, 3.05) is 24.6 Å². The molecule has 8 heteroatoms. The molecule has 2 aromatic rings. The molecule has 1 amide bonds. The third kappa shape index (κ3) is 3.91. The Labute approximate surface area is 190 Å². The van der Waals surface area contributed by atoms with E-state index in [0.717, 1.165) is 25.2 Å². The molecule has 0 radical (unpaired) electrons. The number of rotatable bonds is 3. The lowest BCUT2D eigenvalue weighted by Gasteiger charge is -2.42. The second kappa shape index (κ2) is 8.42. The van der Waals surface area contributed by atoms with Gasteiger partial charge in [-0.1, -0.05) is 43.6 Å². The van der Waals surface area contributed by atoms with Gasteiger partial charge in [-0.3, -0.25) is 9.69 Å². The highest BCUT2D eigenvalue weighted by atomic mass is 79.9. The van der Waals surface area contributed by atoms with Crippen molar-refractivity contribution in [2.24, 2.45) is 0 Å². The van der Waals surface area contributed by atoms with Crippen molar-refractivity contribution in [2.45, 2.75) is 12.3 Å². The van der Waals surface area contributed by atoms with Crippen LogP contribution in [0.25, 0.3) is 0 Å². The van der Waals surface area contributed by atoms with E-state index in [0.29, 0.717) is 23.9 Å². The minimum absolute atomic E-state index is 0.0142. The lowest BCUT2D eigenvalue weighted by molar-refractivity contribution is -0.129. The second-order valence-electron chi connectivity index (χ2n) is 6.73. The number of hydrogen-bond donors (Lipinski definition) is 0. The number of halogens is 2. The van der Waals surface area contributed by atoms with E-state index < -0.39 is 0 Å². The fourth-order valence-corrected chi connectivity index (χ4v) is 5.43.